The normalized spacial score (nSPS) is 14.5. The molecule has 6 nitrogen and oxygen atoms in total. The van der Waals surface area contributed by atoms with Crippen LogP contribution in [-0.2, 0) is 10.0 Å². The maximum Gasteiger partial charge on any atom is 0.295 e. The van der Waals surface area contributed by atoms with E-state index in [1.165, 1.54) is 23.6 Å². The third-order valence-corrected chi connectivity index (χ3v) is 5.63. The molecular formula is C16H28N4O2S. The van der Waals surface area contributed by atoms with Crippen molar-refractivity contribution >= 4 is 15.7 Å². The highest BCUT2D eigenvalue weighted by molar-refractivity contribution is 7.89. The van der Waals surface area contributed by atoms with Crippen molar-refractivity contribution in [2.75, 3.05) is 18.8 Å². The molecule has 0 aromatic rings. The Balaban J connectivity index is 2.70. The number of hydrogen-bond acceptors (Lipinski definition) is 3. The van der Waals surface area contributed by atoms with E-state index < -0.39 is 10.0 Å². The van der Waals surface area contributed by atoms with E-state index in [0.717, 1.165) is 19.3 Å². The summed E-state index contributed by atoms with van der Waals surface area (Å²) in [7, 11) is -3.41. The first kappa shape index (κ1) is 19.6. The number of unbranched alkanes of at least 4 members (excludes halogenated alkanes) is 5. The maximum atomic E-state index is 12.4. The van der Waals surface area contributed by atoms with Crippen LogP contribution in [0.5, 0.6) is 0 Å². The molecule has 0 spiro atoms. The molecule has 0 radical (unpaired) electrons. The first-order valence-corrected chi connectivity index (χ1v) is 9.95. The van der Waals surface area contributed by atoms with Crippen LogP contribution >= 0.6 is 0 Å². The van der Waals surface area contributed by atoms with Gasteiger partial charge in [0.25, 0.3) is 5.71 Å². The summed E-state index contributed by atoms with van der Waals surface area (Å²) in [6.07, 6.45) is 12.1. The van der Waals surface area contributed by atoms with Gasteiger partial charge in [-0.1, -0.05) is 39.0 Å². The maximum absolute atomic E-state index is 12.4. The van der Waals surface area contributed by atoms with Gasteiger partial charge in [0, 0.05) is 24.9 Å². The van der Waals surface area contributed by atoms with Crippen molar-refractivity contribution in [2.45, 2.75) is 51.9 Å². The van der Waals surface area contributed by atoms with Gasteiger partial charge in [-0.25, -0.2) is 8.42 Å². The molecular weight excluding hydrogens is 312 g/mol. The van der Waals surface area contributed by atoms with Crippen molar-refractivity contribution in [1.29, 1.82) is 0 Å². The van der Waals surface area contributed by atoms with Gasteiger partial charge < -0.3 is 11.3 Å². The molecule has 1 rings (SSSR count). The summed E-state index contributed by atoms with van der Waals surface area (Å²) in [5.41, 5.74) is 15.4. The molecule has 0 fully saturated rings. The van der Waals surface area contributed by atoms with E-state index in [0.29, 0.717) is 24.4 Å². The molecule has 0 saturated carbocycles. The van der Waals surface area contributed by atoms with Crippen molar-refractivity contribution in [1.82, 2.24) is 4.31 Å². The first-order chi connectivity index (χ1) is 11.0. The van der Waals surface area contributed by atoms with Crippen LogP contribution in [0.25, 0.3) is 5.53 Å². The second-order valence-corrected chi connectivity index (χ2v) is 7.72. The summed E-state index contributed by atoms with van der Waals surface area (Å²) in [5, 5.41) is 0. The van der Waals surface area contributed by atoms with Crippen LogP contribution < -0.4 is 5.73 Å². The molecule has 1 aliphatic rings. The highest BCUT2D eigenvalue weighted by Gasteiger charge is 2.24. The Morgan fingerprint density at radius 2 is 1.91 bits per heavy atom. The molecule has 0 saturated heterocycles. The molecule has 0 bridgehead atoms. The van der Waals surface area contributed by atoms with Gasteiger partial charge >= 0.3 is 0 Å². The van der Waals surface area contributed by atoms with Gasteiger partial charge in [-0.15, -0.1) is 0 Å². The average molecular weight is 340 g/mol. The van der Waals surface area contributed by atoms with Gasteiger partial charge in [-0.05, 0) is 18.6 Å². The molecule has 7 heteroatoms. The standard InChI is InChI=1S/C16H28N4O2S/c1-2-3-4-5-6-7-13-20(23(21,22)14-12-17)16-10-8-15(19-18)9-11-16/h8,10-11H,2-7,9,12-14,17H2,1H3. The third kappa shape index (κ3) is 6.69. The average Bonchev–Trinajstić information content (AvgIpc) is 2.54. The van der Waals surface area contributed by atoms with Gasteiger partial charge in [0.05, 0.1) is 12.2 Å². The van der Waals surface area contributed by atoms with Crippen molar-refractivity contribution in [3.05, 3.63) is 29.5 Å². The van der Waals surface area contributed by atoms with Gasteiger partial charge in [0.1, 0.15) is 0 Å². The van der Waals surface area contributed by atoms with Crippen LogP contribution in [0.15, 0.2) is 23.9 Å². The number of rotatable bonds is 11. The molecule has 0 aromatic heterocycles. The van der Waals surface area contributed by atoms with E-state index in [-0.39, 0.29) is 12.3 Å². The Morgan fingerprint density at radius 1 is 1.22 bits per heavy atom. The van der Waals surface area contributed by atoms with Crippen LogP contribution in [0.3, 0.4) is 0 Å². The minimum Gasteiger partial charge on any atom is -0.361 e. The Hall–Kier alpha value is -1.43. The fourth-order valence-corrected chi connectivity index (χ4v) is 3.89. The lowest BCUT2D eigenvalue weighted by molar-refractivity contribution is -0.00545. The Morgan fingerprint density at radius 3 is 2.48 bits per heavy atom. The minimum atomic E-state index is -3.41. The van der Waals surface area contributed by atoms with Crippen molar-refractivity contribution < 1.29 is 13.2 Å². The second kappa shape index (κ2) is 10.4. The predicted octanol–water partition coefficient (Wildman–Crippen LogP) is 2.45. The van der Waals surface area contributed by atoms with E-state index in [1.54, 1.807) is 18.2 Å². The predicted molar refractivity (Wildman–Crippen MR) is 93.4 cm³/mol. The monoisotopic (exact) mass is 340 g/mol. The SMILES string of the molecule is CCCCCCCCN(C1=CCC(=[N+]=[N-])C=C1)S(=O)(=O)CCN. The lowest BCUT2D eigenvalue weighted by atomic mass is 10.1. The van der Waals surface area contributed by atoms with Crippen LogP contribution in [0, 0.1) is 0 Å². The molecule has 0 heterocycles. The highest BCUT2D eigenvalue weighted by Crippen LogP contribution is 2.19. The number of allylic oxidation sites excluding steroid dienone is 3. The smallest absolute Gasteiger partial charge is 0.295 e. The van der Waals surface area contributed by atoms with E-state index in [1.807, 2.05) is 0 Å². The van der Waals surface area contributed by atoms with Crippen LogP contribution in [0.1, 0.15) is 51.9 Å². The fourth-order valence-electron chi connectivity index (χ4n) is 2.51. The third-order valence-electron chi connectivity index (χ3n) is 3.81. The van der Waals surface area contributed by atoms with Crippen LogP contribution in [0.2, 0.25) is 0 Å². The molecule has 130 valence electrons. The molecule has 1 aliphatic carbocycles. The molecule has 0 unspecified atom stereocenters. The lowest BCUT2D eigenvalue weighted by Crippen LogP contribution is -2.35. The Labute approximate surface area is 139 Å². The van der Waals surface area contributed by atoms with Crippen LogP contribution in [0.4, 0.5) is 0 Å². The van der Waals surface area contributed by atoms with Gasteiger partial charge in [-0.3, -0.25) is 4.31 Å². The molecule has 0 amide bonds. The zero-order chi connectivity index (χ0) is 17.1. The number of nitrogens with zero attached hydrogens (tertiary/aromatic N) is 3. The largest absolute Gasteiger partial charge is 0.361 e. The molecule has 23 heavy (non-hydrogen) atoms. The Kier molecular flexibility index (Phi) is 8.84. The second-order valence-electron chi connectivity index (χ2n) is 5.70. The van der Waals surface area contributed by atoms with Gasteiger partial charge in [0.2, 0.25) is 10.0 Å². The van der Waals surface area contributed by atoms with E-state index in [4.69, 9.17) is 11.3 Å². The summed E-state index contributed by atoms with van der Waals surface area (Å²) >= 11 is 0. The molecule has 0 aliphatic heterocycles. The molecule has 0 aromatic carbocycles. The Bertz CT molecular complexity index is 575. The fraction of sp³-hybridized carbons (Fsp3) is 0.688. The summed E-state index contributed by atoms with van der Waals surface area (Å²) < 4.78 is 26.3. The summed E-state index contributed by atoms with van der Waals surface area (Å²) in [6.45, 7) is 2.75. The van der Waals surface area contributed by atoms with E-state index in [2.05, 4.69) is 11.7 Å². The number of hydrogen-bond donors (Lipinski definition) is 1. The van der Waals surface area contributed by atoms with Gasteiger partial charge in [0.15, 0.2) is 0 Å². The summed E-state index contributed by atoms with van der Waals surface area (Å²) in [5.74, 6) is -0.0606. The topological polar surface area (TPSA) is 99.8 Å². The molecule has 0 atom stereocenters. The summed E-state index contributed by atoms with van der Waals surface area (Å²) in [4.78, 5) is 3.14. The zero-order valence-electron chi connectivity index (χ0n) is 13.9. The lowest BCUT2D eigenvalue weighted by Gasteiger charge is -2.26. The zero-order valence-corrected chi connectivity index (χ0v) is 14.8. The van der Waals surface area contributed by atoms with E-state index >= 15 is 0 Å². The van der Waals surface area contributed by atoms with Crippen LogP contribution in [-0.4, -0.2) is 42.1 Å². The van der Waals surface area contributed by atoms with E-state index in [9.17, 15) is 8.42 Å². The summed E-state index contributed by atoms with van der Waals surface area (Å²) in [6, 6.07) is 0. The minimum absolute atomic E-state index is 0.0606. The first-order valence-electron chi connectivity index (χ1n) is 8.34. The van der Waals surface area contributed by atoms with Crippen molar-refractivity contribution in [3.63, 3.8) is 0 Å². The highest BCUT2D eigenvalue weighted by atomic mass is 32.2. The quantitative estimate of drug-likeness (QED) is 0.355. The van der Waals surface area contributed by atoms with Crippen molar-refractivity contribution in [2.24, 2.45) is 5.73 Å². The van der Waals surface area contributed by atoms with Crippen molar-refractivity contribution in [3.8, 4) is 0 Å². The molecule has 2 N–H and O–H groups in total. The number of sulfonamides is 1. The number of nitrogens with two attached hydrogens (primary N) is 1. The van der Waals surface area contributed by atoms with Gasteiger partial charge in [-0.2, -0.15) is 4.79 Å².